The van der Waals surface area contributed by atoms with Crippen LogP contribution in [0.1, 0.15) is 51.9 Å². The van der Waals surface area contributed by atoms with Crippen molar-refractivity contribution < 1.29 is 0 Å². The molecule has 0 saturated heterocycles. The van der Waals surface area contributed by atoms with Gasteiger partial charge in [-0.05, 0) is 26.3 Å². The molecule has 0 aliphatic rings. The van der Waals surface area contributed by atoms with Gasteiger partial charge in [0, 0.05) is 17.2 Å². The summed E-state index contributed by atoms with van der Waals surface area (Å²) in [5.74, 6) is 0. The number of aromatic nitrogens is 2. The fourth-order valence-electron chi connectivity index (χ4n) is 1.78. The van der Waals surface area contributed by atoms with Crippen LogP contribution in [0.2, 0.25) is 0 Å². The minimum Gasteiger partial charge on any atom is -0.266 e. The maximum Gasteiger partial charge on any atom is 0.0522 e. The molecule has 0 saturated carbocycles. The minimum atomic E-state index is 0.185. The van der Waals surface area contributed by atoms with E-state index in [0.29, 0.717) is 6.04 Å². The van der Waals surface area contributed by atoms with Crippen molar-refractivity contribution in [3.8, 4) is 0 Å². The third-order valence-electron chi connectivity index (χ3n) is 2.18. The van der Waals surface area contributed by atoms with Crippen LogP contribution in [0.15, 0.2) is 6.20 Å². The Balaban J connectivity index is 3.25. The summed E-state index contributed by atoms with van der Waals surface area (Å²) >= 11 is 0. The third kappa shape index (κ3) is 1.93. The molecule has 2 nitrogen and oxygen atoms in total. The predicted molar refractivity (Wildman–Crippen MR) is 56.0 cm³/mol. The molecule has 0 aliphatic carbocycles. The van der Waals surface area contributed by atoms with Crippen molar-refractivity contribution in [3.05, 3.63) is 17.5 Å². The Morgan fingerprint density at radius 2 is 1.85 bits per heavy atom. The Hall–Kier alpha value is -0.790. The quantitative estimate of drug-likeness (QED) is 0.649. The second kappa shape index (κ2) is 3.17. The molecule has 0 aliphatic heterocycles. The van der Waals surface area contributed by atoms with Crippen LogP contribution in [0.4, 0.5) is 0 Å². The van der Waals surface area contributed by atoms with Crippen LogP contribution >= 0.6 is 0 Å². The van der Waals surface area contributed by atoms with E-state index in [1.54, 1.807) is 0 Å². The van der Waals surface area contributed by atoms with Crippen LogP contribution in [0, 0.1) is 6.92 Å². The summed E-state index contributed by atoms with van der Waals surface area (Å²) in [6, 6.07) is 0.447. The Kier molecular flexibility index (Phi) is 2.51. The SMILES string of the molecule is Cc1cnn(C(C)C)c1C(C)(C)C. The van der Waals surface area contributed by atoms with Gasteiger partial charge < -0.3 is 0 Å². The first-order valence-corrected chi connectivity index (χ1v) is 4.88. The summed E-state index contributed by atoms with van der Waals surface area (Å²) < 4.78 is 2.12. The monoisotopic (exact) mass is 180 g/mol. The molecular formula is C11H20N2. The zero-order valence-electron chi connectivity index (χ0n) is 9.55. The molecule has 0 unspecified atom stereocenters. The highest BCUT2D eigenvalue weighted by atomic mass is 15.3. The number of hydrogen-bond acceptors (Lipinski definition) is 1. The van der Waals surface area contributed by atoms with E-state index < -0.39 is 0 Å². The topological polar surface area (TPSA) is 17.8 Å². The normalized spacial score (nSPS) is 12.5. The Morgan fingerprint density at radius 3 is 2.15 bits per heavy atom. The second-order valence-electron chi connectivity index (χ2n) is 4.96. The predicted octanol–water partition coefficient (Wildman–Crippen LogP) is 3.07. The highest BCUT2D eigenvalue weighted by Gasteiger charge is 2.22. The molecule has 0 N–H and O–H groups in total. The summed E-state index contributed by atoms with van der Waals surface area (Å²) in [6.45, 7) is 13.2. The van der Waals surface area contributed by atoms with Gasteiger partial charge >= 0.3 is 0 Å². The summed E-state index contributed by atoms with van der Waals surface area (Å²) in [7, 11) is 0. The molecule has 0 spiro atoms. The summed E-state index contributed by atoms with van der Waals surface area (Å²) in [4.78, 5) is 0. The van der Waals surface area contributed by atoms with Crippen molar-refractivity contribution in [2.45, 2.75) is 53.0 Å². The number of aryl methyl sites for hydroxylation is 1. The van der Waals surface area contributed by atoms with Crippen molar-refractivity contribution in [2.75, 3.05) is 0 Å². The zero-order valence-corrected chi connectivity index (χ0v) is 9.55. The van der Waals surface area contributed by atoms with E-state index in [1.165, 1.54) is 11.3 Å². The third-order valence-corrected chi connectivity index (χ3v) is 2.18. The van der Waals surface area contributed by atoms with Crippen LogP contribution in [0.3, 0.4) is 0 Å². The highest BCUT2D eigenvalue weighted by molar-refractivity contribution is 5.23. The second-order valence-corrected chi connectivity index (χ2v) is 4.96. The largest absolute Gasteiger partial charge is 0.266 e. The Bertz CT molecular complexity index is 290. The molecule has 0 atom stereocenters. The summed E-state index contributed by atoms with van der Waals surface area (Å²) in [5.41, 5.74) is 2.83. The van der Waals surface area contributed by atoms with Gasteiger partial charge in [-0.2, -0.15) is 5.10 Å². The lowest BCUT2D eigenvalue weighted by Gasteiger charge is -2.23. The van der Waals surface area contributed by atoms with Crippen LogP contribution in [0.5, 0.6) is 0 Å². The van der Waals surface area contributed by atoms with E-state index in [0.717, 1.165) is 0 Å². The van der Waals surface area contributed by atoms with Crippen molar-refractivity contribution >= 4 is 0 Å². The van der Waals surface area contributed by atoms with Gasteiger partial charge in [0.2, 0.25) is 0 Å². The van der Waals surface area contributed by atoms with Crippen molar-refractivity contribution in [1.29, 1.82) is 0 Å². The van der Waals surface area contributed by atoms with Gasteiger partial charge in [0.1, 0.15) is 0 Å². The Morgan fingerprint density at radius 1 is 1.31 bits per heavy atom. The first-order valence-electron chi connectivity index (χ1n) is 4.88. The number of rotatable bonds is 1. The van der Waals surface area contributed by atoms with Gasteiger partial charge in [-0.25, -0.2) is 0 Å². The smallest absolute Gasteiger partial charge is 0.0522 e. The van der Waals surface area contributed by atoms with Crippen molar-refractivity contribution in [1.82, 2.24) is 9.78 Å². The molecular weight excluding hydrogens is 160 g/mol. The molecule has 0 bridgehead atoms. The molecule has 0 fully saturated rings. The van der Waals surface area contributed by atoms with Crippen molar-refractivity contribution in [3.63, 3.8) is 0 Å². The van der Waals surface area contributed by atoms with Crippen molar-refractivity contribution in [2.24, 2.45) is 0 Å². The molecule has 2 heteroatoms. The highest BCUT2D eigenvalue weighted by Crippen LogP contribution is 2.27. The van der Waals surface area contributed by atoms with E-state index >= 15 is 0 Å². The molecule has 1 aromatic heterocycles. The molecule has 1 aromatic rings. The lowest BCUT2D eigenvalue weighted by Crippen LogP contribution is -2.20. The summed E-state index contributed by atoms with van der Waals surface area (Å²) in [5, 5.41) is 4.40. The van der Waals surface area contributed by atoms with Gasteiger partial charge in [0.25, 0.3) is 0 Å². The maximum absolute atomic E-state index is 4.40. The van der Waals surface area contributed by atoms with Crippen LogP contribution in [-0.4, -0.2) is 9.78 Å². The molecule has 1 rings (SSSR count). The minimum absolute atomic E-state index is 0.185. The van der Waals surface area contributed by atoms with E-state index in [-0.39, 0.29) is 5.41 Å². The average Bonchev–Trinajstić information content (AvgIpc) is 2.28. The average molecular weight is 180 g/mol. The Labute approximate surface area is 81.0 Å². The van der Waals surface area contributed by atoms with E-state index in [4.69, 9.17) is 0 Å². The lowest BCUT2D eigenvalue weighted by molar-refractivity contribution is 0.444. The molecule has 0 radical (unpaired) electrons. The van der Waals surface area contributed by atoms with Crippen LogP contribution < -0.4 is 0 Å². The zero-order chi connectivity index (χ0) is 10.2. The number of hydrogen-bond donors (Lipinski definition) is 0. The first kappa shape index (κ1) is 10.3. The molecule has 0 amide bonds. The van der Waals surface area contributed by atoms with E-state index in [2.05, 4.69) is 51.3 Å². The molecule has 0 aromatic carbocycles. The van der Waals surface area contributed by atoms with E-state index in [9.17, 15) is 0 Å². The van der Waals surface area contributed by atoms with Gasteiger partial charge in [0.15, 0.2) is 0 Å². The van der Waals surface area contributed by atoms with Gasteiger partial charge in [-0.3, -0.25) is 4.68 Å². The fourth-order valence-corrected chi connectivity index (χ4v) is 1.78. The van der Waals surface area contributed by atoms with Gasteiger partial charge in [-0.1, -0.05) is 20.8 Å². The molecule has 13 heavy (non-hydrogen) atoms. The maximum atomic E-state index is 4.40. The molecule has 74 valence electrons. The van der Waals surface area contributed by atoms with E-state index in [1.807, 2.05) is 6.20 Å². The summed E-state index contributed by atoms with van der Waals surface area (Å²) in [6.07, 6.45) is 1.96. The molecule has 1 heterocycles. The van der Waals surface area contributed by atoms with Crippen LogP contribution in [0.25, 0.3) is 0 Å². The van der Waals surface area contributed by atoms with Gasteiger partial charge in [-0.15, -0.1) is 0 Å². The first-order chi connectivity index (χ1) is 5.84. The number of nitrogens with zero attached hydrogens (tertiary/aromatic N) is 2. The standard InChI is InChI=1S/C11H20N2/c1-8(2)13-10(11(4,5)6)9(3)7-12-13/h7-8H,1-6H3. The van der Waals surface area contributed by atoms with Gasteiger partial charge in [0.05, 0.1) is 6.20 Å². The lowest BCUT2D eigenvalue weighted by atomic mass is 9.89. The van der Waals surface area contributed by atoms with Crippen LogP contribution in [-0.2, 0) is 5.41 Å². The fraction of sp³-hybridized carbons (Fsp3) is 0.727.